The van der Waals surface area contributed by atoms with Gasteiger partial charge in [0.1, 0.15) is 11.6 Å². The number of carbonyl (C=O) groups excluding carboxylic acids is 2. The Hall–Kier alpha value is -5.17. The highest BCUT2D eigenvalue weighted by Gasteiger charge is 2.22. The number of piperidine rings is 1. The molecule has 2 N–H and O–H groups in total. The zero-order valence-electron chi connectivity index (χ0n) is 25.2. The Morgan fingerprint density at radius 3 is 2.49 bits per heavy atom. The minimum absolute atomic E-state index is 0.131. The van der Waals surface area contributed by atoms with Crippen molar-refractivity contribution in [3.63, 3.8) is 0 Å². The molecule has 0 radical (unpaired) electrons. The number of hydrogen-bond acceptors (Lipinski definition) is 9. The third-order valence-corrected chi connectivity index (χ3v) is 8.11. The lowest BCUT2D eigenvalue weighted by molar-refractivity contribution is -0.119. The minimum Gasteiger partial charge on any atom is -0.424 e. The van der Waals surface area contributed by atoms with Crippen LogP contribution in [0.2, 0.25) is 0 Å². The first-order valence-corrected chi connectivity index (χ1v) is 15.6. The van der Waals surface area contributed by atoms with Gasteiger partial charge in [-0.2, -0.15) is 5.10 Å². The van der Waals surface area contributed by atoms with E-state index in [9.17, 15) is 9.59 Å². The van der Waals surface area contributed by atoms with Crippen LogP contribution in [-0.4, -0.2) is 48.2 Å². The highest BCUT2D eigenvalue weighted by molar-refractivity contribution is 7.19. The average Bonchev–Trinajstić information content (AvgIpc) is 3.66. The molecule has 12 nitrogen and oxygen atoms in total. The predicted octanol–water partition coefficient (Wildman–Crippen LogP) is 6.64. The molecule has 0 aliphatic carbocycles. The molecule has 3 amide bonds. The van der Waals surface area contributed by atoms with Gasteiger partial charge in [0.05, 0.1) is 40.5 Å². The van der Waals surface area contributed by atoms with Crippen molar-refractivity contribution in [1.29, 1.82) is 0 Å². The topological polar surface area (TPSA) is 140 Å². The molecule has 6 rings (SSSR count). The Labute approximate surface area is 264 Å². The van der Waals surface area contributed by atoms with Crippen molar-refractivity contribution >= 4 is 39.9 Å². The normalized spacial score (nSPS) is 13.2. The molecule has 5 aromatic rings. The molecule has 0 unspecified atom stereocenters. The van der Waals surface area contributed by atoms with E-state index in [1.165, 1.54) is 23.7 Å². The lowest BCUT2D eigenvalue weighted by atomic mass is 10.1. The van der Waals surface area contributed by atoms with Crippen molar-refractivity contribution in [2.75, 3.05) is 22.1 Å². The molecule has 1 aliphatic heterocycles. The number of pyridine rings is 1. The van der Waals surface area contributed by atoms with Crippen LogP contribution in [-0.2, 0) is 11.2 Å². The third-order valence-electron chi connectivity index (χ3n) is 7.04. The SMILES string of the molecule is Cc1ccc(-n2nc(CC(C)C)cc2NC(=O)Nc2cnc(Oc3ccc(-c4cnc(N5CCCCC5=O)s4)cc3)nc2)cn1. The van der Waals surface area contributed by atoms with Gasteiger partial charge in [0.15, 0.2) is 5.13 Å². The summed E-state index contributed by atoms with van der Waals surface area (Å²) in [5, 5.41) is 11.0. The second-order valence-electron chi connectivity index (χ2n) is 11.2. The number of thiazole rings is 1. The zero-order chi connectivity index (χ0) is 31.3. The standard InChI is InChI=1S/C32H33N9O3S/c1-20(2)14-23-15-28(41(39-23)25-10-7-21(3)33-18-25)38-30(43)37-24-16-34-31(35-17-24)44-26-11-8-22(9-12-26)27-19-36-32(45-27)40-13-5-4-6-29(40)42/h7-12,15-20H,4-6,13-14H2,1-3H3,(H2,37,38,43). The third kappa shape index (κ3) is 7.32. The minimum atomic E-state index is -0.462. The predicted molar refractivity (Wildman–Crippen MR) is 173 cm³/mol. The van der Waals surface area contributed by atoms with Crippen LogP contribution in [0.4, 0.5) is 21.4 Å². The lowest BCUT2D eigenvalue weighted by Crippen LogP contribution is -2.34. The highest BCUT2D eigenvalue weighted by atomic mass is 32.1. The van der Waals surface area contributed by atoms with Crippen LogP contribution < -0.4 is 20.3 Å². The van der Waals surface area contributed by atoms with E-state index in [1.807, 2.05) is 49.4 Å². The lowest BCUT2D eigenvalue weighted by Gasteiger charge is -2.23. The summed E-state index contributed by atoms with van der Waals surface area (Å²) in [5.74, 6) is 1.62. The van der Waals surface area contributed by atoms with E-state index in [0.29, 0.717) is 36.1 Å². The Balaban J connectivity index is 1.07. The van der Waals surface area contributed by atoms with E-state index in [1.54, 1.807) is 22.0 Å². The zero-order valence-corrected chi connectivity index (χ0v) is 26.0. The number of nitrogens with zero attached hydrogens (tertiary/aromatic N) is 7. The average molecular weight is 624 g/mol. The largest absolute Gasteiger partial charge is 0.424 e. The summed E-state index contributed by atoms with van der Waals surface area (Å²) in [7, 11) is 0. The molecule has 1 aliphatic rings. The number of aromatic nitrogens is 6. The molecule has 45 heavy (non-hydrogen) atoms. The Morgan fingerprint density at radius 2 is 1.78 bits per heavy atom. The molecule has 0 bridgehead atoms. The van der Waals surface area contributed by atoms with E-state index >= 15 is 0 Å². The number of hydrogen-bond donors (Lipinski definition) is 2. The van der Waals surface area contributed by atoms with Gasteiger partial charge >= 0.3 is 12.0 Å². The van der Waals surface area contributed by atoms with E-state index in [0.717, 1.165) is 51.9 Å². The van der Waals surface area contributed by atoms with Crippen molar-refractivity contribution in [2.24, 2.45) is 5.92 Å². The van der Waals surface area contributed by atoms with Gasteiger partial charge in [-0.05, 0) is 74.1 Å². The molecule has 0 saturated carbocycles. The van der Waals surface area contributed by atoms with Crippen LogP contribution in [0.25, 0.3) is 16.1 Å². The number of rotatable bonds is 9. The van der Waals surface area contributed by atoms with Crippen molar-refractivity contribution in [2.45, 2.75) is 46.5 Å². The Bertz CT molecular complexity index is 1780. The fourth-order valence-electron chi connectivity index (χ4n) is 4.86. The molecule has 0 spiro atoms. The summed E-state index contributed by atoms with van der Waals surface area (Å²) < 4.78 is 7.49. The summed E-state index contributed by atoms with van der Waals surface area (Å²) in [6.45, 7) is 6.87. The van der Waals surface area contributed by atoms with Crippen molar-refractivity contribution < 1.29 is 14.3 Å². The van der Waals surface area contributed by atoms with Crippen LogP contribution >= 0.6 is 11.3 Å². The van der Waals surface area contributed by atoms with Gasteiger partial charge in [-0.3, -0.25) is 20.0 Å². The van der Waals surface area contributed by atoms with Crippen molar-refractivity contribution in [3.8, 4) is 27.9 Å². The number of benzene rings is 1. The fourth-order valence-corrected chi connectivity index (χ4v) is 5.82. The van der Waals surface area contributed by atoms with Crippen LogP contribution in [0, 0.1) is 12.8 Å². The van der Waals surface area contributed by atoms with Gasteiger partial charge in [-0.25, -0.2) is 24.4 Å². The molecular formula is C32H33N9O3S. The van der Waals surface area contributed by atoms with E-state index in [-0.39, 0.29) is 11.9 Å². The number of aryl methyl sites for hydroxylation is 1. The first-order chi connectivity index (χ1) is 21.8. The Kier molecular flexibility index (Phi) is 8.78. The van der Waals surface area contributed by atoms with Crippen LogP contribution in [0.15, 0.2) is 67.3 Å². The first-order valence-electron chi connectivity index (χ1n) is 14.8. The molecule has 5 heterocycles. The second-order valence-corrected chi connectivity index (χ2v) is 12.2. The van der Waals surface area contributed by atoms with Gasteiger partial charge in [-0.1, -0.05) is 25.2 Å². The summed E-state index contributed by atoms with van der Waals surface area (Å²) in [5.41, 5.74) is 3.87. The Morgan fingerprint density at radius 1 is 0.978 bits per heavy atom. The number of urea groups is 1. The summed E-state index contributed by atoms with van der Waals surface area (Å²) >= 11 is 1.50. The quantitative estimate of drug-likeness (QED) is 0.186. The van der Waals surface area contributed by atoms with Gasteiger partial charge in [0.2, 0.25) is 5.91 Å². The van der Waals surface area contributed by atoms with Gasteiger partial charge < -0.3 is 10.1 Å². The molecule has 13 heteroatoms. The number of amides is 3. The summed E-state index contributed by atoms with van der Waals surface area (Å²) in [6, 6.07) is 12.8. The number of ether oxygens (including phenoxy) is 1. The molecule has 230 valence electrons. The van der Waals surface area contributed by atoms with Crippen LogP contribution in [0.3, 0.4) is 0 Å². The maximum Gasteiger partial charge on any atom is 0.324 e. The van der Waals surface area contributed by atoms with Crippen LogP contribution in [0.5, 0.6) is 11.8 Å². The van der Waals surface area contributed by atoms with E-state index < -0.39 is 6.03 Å². The maximum atomic E-state index is 12.9. The molecule has 0 atom stereocenters. The first kappa shape index (κ1) is 29.9. The van der Waals surface area contributed by atoms with Crippen LogP contribution in [0.1, 0.15) is 44.5 Å². The fraction of sp³-hybridized carbons (Fsp3) is 0.281. The smallest absolute Gasteiger partial charge is 0.324 e. The number of anilines is 3. The number of carbonyl (C=O) groups is 2. The summed E-state index contributed by atoms with van der Waals surface area (Å²) in [6.07, 6.45) is 9.75. The van der Waals surface area contributed by atoms with Gasteiger partial charge in [-0.15, -0.1) is 0 Å². The van der Waals surface area contributed by atoms with E-state index in [4.69, 9.17) is 4.74 Å². The molecule has 4 aromatic heterocycles. The maximum absolute atomic E-state index is 12.9. The molecular weight excluding hydrogens is 590 g/mol. The van der Waals surface area contributed by atoms with E-state index in [2.05, 4.69) is 49.5 Å². The van der Waals surface area contributed by atoms with Gasteiger partial charge in [0.25, 0.3) is 0 Å². The highest BCUT2D eigenvalue weighted by Crippen LogP contribution is 2.34. The molecule has 1 aromatic carbocycles. The summed E-state index contributed by atoms with van der Waals surface area (Å²) in [4.78, 5) is 45.2. The number of nitrogens with one attached hydrogen (secondary N) is 2. The van der Waals surface area contributed by atoms with Gasteiger partial charge in [0, 0.05) is 30.9 Å². The monoisotopic (exact) mass is 623 g/mol. The van der Waals surface area contributed by atoms with Crippen molar-refractivity contribution in [1.82, 2.24) is 29.7 Å². The molecule has 1 fully saturated rings. The second kappa shape index (κ2) is 13.2. The molecule has 1 saturated heterocycles. The van der Waals surface area contributed by atoms with Crippen molar-refractivity contribution in [3.05, 3.63) is 78.6 Å².